The van der Waals surface area contributed by atoms with Crippen molar-refractivity contribution < 1.29 is 24.2 Å². The van der Waals surface area contributed by atoms with Crippen molar-refractivity contribution in [3.8, 4) is 16.9 Å². The van der Waals surface area contributed by atoms with Gasteiger partial charge in [-0.25, -0.2) is 5.84 Å². The molecular weight excluding hydrogens is 362 g/mol. The molecule has 0 aliphatic carbocycles. The van der Waals surface area contributed by atoms with Crippen LogP contribution in [0.5, 0.6) is 5.75 Å². The number of hydrazine groups is 1. The molecule has 2 rings (SSSR count). The van der Waals surface area contributed by atoms with Crippen LogP contribution < -0.4 is 16.6 Å². The van der Waals surface area contributed by atoms with E-state index < -0.39 is 23.8 Å². The summed E-state index contributed by atoms with van der Waals surface area (Å²) < 4.78 is 4.93. The molecule has 28 heavy (non-hydrogen) atoms. The van der Waals surface area contributed by atoms with Gasteiger partial charge in [0.25, 0.3) is 0 Å². The highest BCUT2D eigenvalue weighted by Gasteiger charge is 2.21. The second kappa shape index (κ2) is 10.1. The number of ether oxygens (including phenoxy) is 1. The van der Waals surface area contributed by atoms with Crippen LogP contribution in [0.15, 0.2) is 48.5 Å². The average molecular weight is 385 g/mol. The lowest BCUT2D eigenvalue weighted by Crippen LogP contribution is -2.48. The number of hydrogen-bond acceptors (Lipinski definition) is 6. The van der Waals surface area contributed by atoms with Gasteiger partial charge in [-0.2, -0.15) is 0 Å². The molecule has 0 unspecified atom stereocenters. The molecule has 0 saturated heterocycles. The number of benzene rings is 2. The Balaban J connectivity index is 2.12. The molecule has 2 aromatic rings. The summed E-state index contributed by atoms with van der Waals surface area (Å²) in [6.07, 6.45) is 0.245. The predicted molar refractivity (Wildman–Crippen MR) is 103 cm³/mol. The van der Waals surface area contributed by atoms with Crippen molar-refractivity contribution in [2.24, 2.45) is 5.84 Å². The van der Waals surface area contributed by atoms with Crippen LogP contribution >= 0.6 is 0 Å². The molecule has 2 amide bonds. The third-order valence-corrected chi connectivity index (χ3v) is 4.01. The van der Waals surface area contributed by atoms with Gasteiger partial charge in [0.2, 0.25) is 0 Å². The van der Waals surface area contributed by atoms with Crippen molar-refractivity contribution in [1.82, 2.24) is 10.7 Å². The number of phenols is 1. The highest BCUT2D eigenvalue weighted by atomic mass is 16.5. The number of carbonyl (C=O) groups is 3. The van der Waals surface area contributed by atoms with Crippen LogP contribution in [0.3, 0.4) is 0 Å². The van der Waals surface area contributed by atoms with E-state index in [4.69, 9.17) is 10.6 Å². The molecule has 0 aliphatic heterocycles. The maximum atomic E-state index is 11.8. The van der Waals surface area contributed by atoms with Crippen molar-refractivity contribution in [3.63, 3.8) is 0 Å². The Kier molecular flexibility index (Phi) is 7.53. The first kappa shape index (κ1) is 20.9. The molecule has 5 N–H and O–H groups in total. The van der Waals surface area contributed by atoms with E-state index in [2.05, 4.69) is 5.32 Å². The van der Waals surface area contributed by atoms with Gasteiger partial charge in [-0.1, -0.05) is 36.4 Å². The summed E-state index contributed by atoms with van der Waals surface area (Å²) in [6.45, 7) is 1.91. The van der Waals surface area contributed by atoms with Gasteiger partial charge in [0.1, 0.15) is 5.75 Å². The maximum Gasteiger partial charge on any atom is 0.323 e. The summed E-state index contributed by atoms with van der Waals surface area (Å²) in [6, 6.07) is 13.7. The van der Waals surface area contributed by atoms with E-state index in [1.165, 1.54) is 0 Å². The fraction of sp³-hybridized carbons (Fsp3) is 0.250. The van der Waals surface area contributed by atoms with Crippen molar-refractivity contribution in [2.75, 3.05) is 6.61 Å². The smallest absolute Gasteiger partial charge is 0.323 e. The zero-order valence-corrected chi connectivity index (χ0v) is 15.5. The molecule has 8 nitrogen and oxygen atoms in total. The molecule has 148 valence electrons. The fourth-order valence-electron chi connectivity index (χ4n) is 2.72. The van der Waals surface area contributed by atoms with Gasteiger partial charge in [0.05, 0.1) is 13.0 Å². The van der Waals surface area contributed by atoms with Gasteiger partial charge in [0, 0.05) is 6.04 Å². The van der Waals surface area contributed by atoms with Crippen LogP contribution in [0.2, 0.25) is 0 Å². The van der Waals surface area contributed by atoms with Gasteiger partial charge in [0.15, 0.2) is 0 Å². The number of nitrogens with one attached hydrogen (secondary N) is 2. The standard InChI is InChI=1S/C20H23N3O5/c1-2-28-18(25)12-16(22-19(26)20(27)23-21)10-13-6-8-14(9-7-13)15-4-3-5-17(24)11-15/h3-9,11,16,24H,2,10,12,21H2,1H3,(H,22,26)(H,23,27)/t16-/m1/s1. The number of aromatic hydroxyl groups is 1. The second-order valence-electron chi connectivity index (χ2n) is 6.10. The molecule has 0 aliphatic rings. The summed E-state index contributed by atoms with van der Waals surface area (Å²) >= 11 is 0. The molecule has 0 radical (unpaired) electrons. The zero-order chi connectivity index (χ0) is 20.5. The van der Waals surface area contributed by atoms with Gasteiger partial charge >= 0.3 is 17.8 Å². The molecule has 1 atom stereocenters. The Hall–Kier alpha value is -3.39. The molecule has 0 bridgehead atoms. The predicted octanol–water partition coefficient (Wildman–Crippen LogP) is 1.03. The average Bonchev–Trinajstić information content (AvgIpc) is 2.68. The van der Waals surface area contributed by atoms with Crippen LogP contribution in [-0.4, -0.2) is 35.5 Å². The minimum atomic E-state index is -0.993. The maximum absolute atomic E-state index is 11.8. The molecule has 0 spiro atoms. The van der Waals surface area contributed by atoms with E-state index in [9.17, 15) is 19.5 Å². The van der Waals surface area contributed by atoms with E-state index in [0.29, 0.717) is 6.42 Å². The number of phenolic OH excluding ortho intramolecular Hbond substituents is 1. The Morgan fingerprint density at radius 2 is 1.79 bits per heavy atom. The van der Waals surface area contributed by atoms with E-state index >= 15 is 0 Å². The lowest BCUT2D eigenvalue weighted by Gasteiger charge is -2.18. The lowest BCUT2D eigenvalue weighted by atomic mass is 9.99. The zero-order valence-electron chi connectivity index (χ0n) is 15.5. The monoisotopic (exact) mass is 385 g/mol. The highest BCUT2D eigenvalue weighted by molar-refractivity contribution is 6.35. The van der Waals surface area contributed by atoms with E-state index in [1.807, 2.05) is 30.3 Å². The van der Waals surface area contributed by atoms with E-state index in [1.54, 1.807) is 30.5 Å². The Morgan fingerprint density at radius 3 is 2.39 bits per heavy atom. The fourth-order valence-corrected chi connectivity index (χ4v) is 2.72. The third kappa shape index (κ3) is 6.10. The van der Waals surface area contributed by atoms with Gasteiger partial charge in [-0.3, -0.25) is 19.8 Å². The van der Waals surface area contributed by atoms with E-state index in [-0.39, 0.29) is 18.8 Å². The molecule has 0 heterocycles. The Labute approximate surface area is 162 Å². The SMILES string of the molecule is CCOC(=O)C[C@@H](Cc1ccc(-c2cccc(O)c2)cc1)NC(=O)C(=O)NN. The summed E-state index contributed by atoms with van der Waals surface area (Å²) in [5.74, 6) is 2.75. The van der Waals surface area contributed by atoms with E-state index in [0.717, 1.165) is 16.7 Å². The van der Waals surface area contributed by atoms with Crippen LogP contribution in [0.1, 0.15) is 18.9 Å². The van der Waals surface area contributed by atoms with Crippen molar-refractivity contribution >= 4 is 17.8 Å². The van der Waals surface area contributed by atoms with Gasteiger partial charge in [-0.15, -0.1) is 0 Å². The minimum absolute atomic E-state index is 0.0776. The molecule has 0 saturated carbocycles. The van der Waals surface area contributed by atoms with Gasteiger partial charge < -0.3 is 15.2 Å². The number of hydrogen-bond donors (Lipinski definition) is 4. The molecule has 8 heteroatoms. The second-order valence-corrected chi connectivity index (χ2v) is 6.10. The van der Waals surface area contributed by atoms with Gasteiger partial charge in [-0.05, 0) is 42.2 Å². The number of esters is 1. The van der Waals surface area contributed by atoms with Crippen molar-refractivity contribution in [1.29, 1.82) is 0 Å². The summed E-state index contributed by atoms with van der Waals surface area (Å²) in [5.41, 5.74) is 4.38. The number of nitrogens with two attached hydrogens (primary N) is 1. The van der Waals surface area contributed by atoms with Crippen molar-refractivity contribution in [3.05, 3.63) is 54.1 Å². The Morgan fingerprint density at radius 1 is 1.07 bits per heavy atom. The van der Waals surface area contributed by atoms with Crippen LogP contribution in [0.25, 0.3) is 11.1 Å². The van der Waals surface area contributed by atoms with Crippen LogP contribution in [0, 0.1) is 0 Å². The number of amides is 2. The number of carbonyl (C=O) groups excluding carboxylic acids is 3. The molecule has 0 fully saturated rings. The van der Waals surface area contributed by atoms with Crippen LogP contribution in [-0.2, 0) is 25.5 Å². The topological polar surface area (TPSA) is 131 Å². The Bertz CT molecular complexity index is 836. The first-order chi connectivity index (χ1) is 13.4. The molecule has 2 aromatic carbocycles. The number of rotatable bonds is 7. The summed E-state index contributed by atoms with van der Waals surface area (Å²) in [5, 5.41) is 12.1. The first-order valence-electron chi connectivity index (χ1n) is 8.78. The quantitative estimate of drug-likeness (QED) is 0.185. The third-order valence-electron chi connectivity index (χ3n) is 4.01. The summed E-state index contributed by atoms with van der Waals surface area (Å²) in [7, 11) is 0. The van der Waals surface area contributed by atoms with Crippen molar-refractivity contribution in [2.45, 2.75) is 25.8 Å². The minimum Gasteiger partial charge on any atom is -0.508 e. The molecule has 0 aromatic heterocycles. The first-order valence-corrected chi connectivity index (χ1v) is 8.78. The normalized spacial score (nSPS) is 11.4. The summed E-state index contributed by atoms with van der Waals surface area (Å²) in [4.78, 5) is 35.0. The highest BCUT2D eigenvalue weighted by Crippen LogP contribution is 2.23. The lowest BCUT2D eigenvalue weighted by molar-refractivity contribution is -0.144. The van der Waals surface area contributed by atoms with Crippen LogP contribution in [0.4, 0.5) is 0 Å². The molecular formula is C20H23N3O5. The largest absolute Gasteiger partial charge is 0.508 e.